The third kappa shape index (κ3) is 7.72. The van der Waals surface area contributed by atoms with Gasteiger partial charge >= 0.3 is 0 Å². The molecule has 0 saturated carbocycles. The van der Waals surface area contributed by atoms with Gasteiger partial charge in [0.1, 0.15) is 23.3 Å². The predicted octanol–water partition coefficient (Wildman–Crippen LogP) is 9.61. The quantitative estimate of drug-likeness (QED) is 0.251. The van der Waals surface area contributed by atoms with Gasteiger partial charge < -0.3 is 10.6 Å². The van der Waals surface area contributed by atoms with Gasteiger partial charge in [0.25, 0.3) is 0 Å². The van der Waals surface area contributed by atoms with Crippen LogP contribution >= 0.6 is 0 Å². The second-order valence-electron chi connectivity index (χ2n) is 15.4. The van der Waals surface area contributed by atoms with Crippen LogP contribution in [0.15, 0.2) is 60.9 Å². The van der Waals surface area contributed by atoms with Crippen LogP contribution in [0.25, 0.3) is 11.4 Å². The zero-order chi connectivity index (χ0) is 31.1. The van der Waals surface area contributed by atoms with Crippen LogP contribution < -0.4 is 10.6 Å². The zero-order valence-electron chi connectivity index (χ0n) is 27.6. The van der Waals surface area contributed by atoms with E-state index in [9.17, 15) is 0 Å². The van der Waals surface area contributed by atoms with Gasteiger partial charge in [-0.25, -0.2) is 19.9 Å². The van der Waals surface area contributed by atoms with Crippen LogP contribution in [-0.4, -0.2) is 19.9 Å². The largest absolute Gasteiger partial charge is 0.325 e. The van der Waals surface area contributed by atoms with Gasteiger partial charge in [-0.05, 0) is 92.4 Å². The molecule has 0 saturated heterocycles. The Morgan fingerprint density at radius 1 is 0.405 bits per heavy atom. The second-order valence-corrected chi connectivity index (χ2v) is 15.4. The lowest BCUT2D eigenvalue weighted by atomic mass is 9.85. The molecule has 0 aromatic carbocycles. The molecule has 42 heavy (non-hydrogen) atoms. The average molecular weight is 565 g/mol. The summed E-state index contributed by atoms with van der Waals surface area (Å²) in [6, 6.07) is 16.9. The molecule has 4 aromatic heterocycles. The fourth-order valence-electron chi connectivity index (χ4n) is 4.51. The number of rotatable bonds is 5. The Morgan fingerprint density at radius 3 is 1.02 bits per heavy atom. The minimum absolute atomic E-state index is 0.0210. The van der Waals surface area contributed by atoms with Crippen LogP contribution in [0.5, 0.6) is 0 Å². The van der Waals surface area contributed by atoms with Crippen molar-refractivity contribution in [1.82, 2.24) is 19.9 Å². The molecular formula is C36H48N6. The molecule has 0 bridgehead atoms. The van der Waals surface area contributed by atoms with Crippen LogP contribution in [0.3, 0.4) is 0 Å². The number of hydrogen-bond donors (Lipinski definition) is 2. The minimum Gasteiger partial charge on any atom is -0.325 e. The number of nitrogens with zero attached hydrogens (tertiary/aromatic N) is 4. The highest BCUT2D eigenvalue weighted by Crippen LogP contribution is 2.34. The van der Waals surface area contributed by atoms with Gasteiger partial charge in [0.05, 0.1) is 11.4 Å². The highest BCUT2D eigenvalue weighted by atomic mass is 15.1. The lowest BCUT2D eigenvalue weighted by molar-refractivity contribution is 0.588. The summed E-state index contributed by atoms with van der Waals surface area (Å²) in [5.74, 6) is 3.03. The first kappa shape index (κ1) is 31.1. The average Bonchev–Trinajstić information content (AvgIpc) is 2.87. The number of aromatic nitrogens is 4. The van der Waals surface area contributed by atoms with Crippen LogP contribution in [0.4, 0.5) is 23.3 Å². The first-order valence-electron chi connectivity index (χ1n) is 14.8. The summed E-state index contributed by atoms with van der Waals surface area (Å²) >= 11 is 0. The third-order valence-electron chi connectivity index (χ3n) is 7.41. The fraction of sp³-hybridized carbons (Fsp3) is 0.444. The maximum atomic E-state index is 5.07. The number of anilines is 4. The first-order valence-corrected chi connectivity index (χ1v) is 14.8. The van der Waals surface area contributed by atoms with Crippen molar-refractivity contribution in [1.29, 1.82) is 0 Å². The summed E-state index contributed by atoms with van der Waals surface area (Å²) in [5, 5.41) is 6.97. The Balaban J connectivity index is 1.81. The lowest BCUT2D eigenvalue weighted by Crippen LogP contribution is -2.15. The lowest BCUT2D eigenvalue weighted by Gasteiger charge is -2.23. The van der Waals surface area contributed by atoms with Crippen molar-refractivity contribution in [2.24, 2.45) is 0 Å². The van der Waals surface area contributed by atoms with E-state index in [1.807, 2.05) is 12.4 Å². The van der Waals surface area contributed by atoms with Gasteiger partial charge in [0, 0.05) is 12.4 Å². The summed E-state index contributed by atoms with van der Waals surface area (Å²) < 4.78 is 0. The van der Waals surface area contributed by atoms with Gasteiger partial charge in [0.15, 0.2) is 0 Å². The molecule has 0 atom stereocenters. The van der Waals surface area contributed by atoms with Gasteiger partial charge in [-0.2, -0.15) is 0 Å². The highest BCUT2D eigenvalue weighted by molar-refractivity contribution is 5.67. The van der Waals surface area contributed by atoms with Crippen molar-refractivity contribution in [2.75, 3.05) is 10.6 Å². The van der Waals surface area contributed by atoms with Crippen molar-refractivity contribution in [3.05, 3.63) is 83.2 Å². The minimum atomic E-state index is -0.0885. The fourth-order valence-corrected chi connectivity index (χ4v) is 4.51. The van der Waals surface area contributed by atoms with E-state index in [1.165, 1.54) is 22.3 Å². The molecule has 6 nitrogen and oxygen atoms in total. The van der Waals surface area contributed by atoms with Crippen molar-refractivity contribution in [3.63, 3.8) is 0 Å². The highest BCUT2D eigenvalue weighted by Gasteiger charge is 2.22. The van der Waals surface area contributed by atoms with E-state index in [1.54, 1.807) is 0 Å². The summed E-state index contributed by atoms with van der Waals surface area (Å²) in [6.45, 7) is 26.5. The van der Waals surface area contributed by atoms with Crippen LogP contribution in [0, 0.1) is 0 Å². The molecule has 4 heterocycles. The zero-order valence-corrected chi connectivity index (χ0v) is 27.6. The number of hydrogen-bond acceptors (Lipinski definition) is 6. The molecule has 0 spiro atoms. The van der Waals surface area contributed by atoms with E-state index in [0.29, 0.717) is 0 Å². The number of pyridine rings is 4. The van der Waals surface area contributed by atoms with Gasteiger partial charge in [0.2, 0.25) is 0 Å². The Bertz CT molecular complexity index is 1440. The normalized spacial score (nSPS) is 12.8. The Hall–Kier alpha value is -3.80. The Labute approximate surface area is 252 Å². The first-order chi connectivity index (χ1) is 19.3. The van der Waals surface area contributed by atoms with E-state index in [4.69, 9.17) is 9.97 Å². The standard InChI is InChI=1S/C36H48N6/c1-33(2,3)23-13-15-37-29(19-23)41-31-21-25(35(7,8)9)17-27(39-31)28-18-26(36(10,11)12)22-32(40-28)42-30-20-24(14-16-38-30)34(4,5)6/h13-22H,1-12H3,(H,37,39,41)(H,38,40,42). The molecule has 0 aliphatic carbocycles. The Kier molecular flexibility index (Phi) is 8.25. The van der Waals surface area contributed by atoms with Gasteiger partial charge in [-0.15, -0.1) is 0 Å². The van der Waals surface area contributed by atoms with Crippen molar-refractivity contribution >= 4 is 23.3 Å². The monoisotopic (exact) mass is 564 g/mol. The molecule has 2 N–H and O–H groups in total. The van der Waals surface area contributed by atoms with Gasteiger partial charge in [-0.3, -0.25) is 0 Å². The topological polar surface area (TPSA) is 75.6 Å². The maximum Gasteiger partial charge on any atom is 0.132 e. The van der Waals surface area contributed by atoms with E-state index in [2.05, 4.69) is 152 Å². The molecule has 0 amide bonds. The molecule has 4 rings (SSSR count). The molecular weight excluding hydrogens is 516 g/mol. The third-order valence-corrected chi connectivity index (χ3v) is 7.41. The van der Waals surface area contributed by atoms with E-state index >= 15 is 0 Å². The Morgan fingerprint density at radius 2 is 0.714 bits per heavy atom. The van der Waals surface area contributed by atoms with Crippen LogP contribution in [0.2, 0.25) is 0 Å². The summed E-state index contributed by atoms with van der Waals surface area (Å²) in [6.07, 6.45) is 3.71. The SMILES string of the molecule is CC(C)(C)c1ccnc(Nc2cc(C(C)(C)C)cc(-c3cc(C(C)(C)C)cc(Nc4cc(C(C)(C)C)ccn4)n3)n2)c1. The van der Waals surface area contributed by atoms with Crippen molar-refractivity contribution in [2.45, 2.75) is 105 Å². The molecule has 0 fully saturated rings. The van der Waals surface area contributed by atoms with E-state index in [-0.39, 0.29) is 21.7 Å². The molecule has 0 unspecified atom stereocenters. The predicted molar refractivity (Wildman–Crippen MR) is 177 cm³/mol. The smallest absolute Gasteiger partial charge is 0.132 e. The van der Waals surface area contributed by atoms with Crippen molar-refractivity contribution < 1.29 is 0 Å². The van der Waals surface area contributed by atoms with E-state index in [0.717, 1.165) is 34.7 Å². The molecule has 4 aromatic rings. The van der Waals surface area contributed by atoms with Crippen LogP contribution in [-0.2, 0) is 21.7 Å². The summed E-state index contributed by atoms with van der Waals surface area (Å²) in [5.41, 5.74) is 6.24. The van der Waals surface area contributed by atoms with Crippen LogP contribution in [0.1, 0.15) is 105 Å². The maximum absolute atomic E-state index is 5.07. The molecule has 0 radical (unpaired) electrons. The van der Waals surface area contributed by atoms with E-state index < -0.39 is 0 Å². The molecule has 0 aliphatic rings. The summed E-state index contributed by atoms with van der Waals surface area (Å²) in [4.78, 5) is 19.3. The summed E-state index contributed by atoms with van der Waals surface area (Å²) in [7, 11) is 0. The molecule has 0 aliphatic heterocycles. The van der Waals surface area contributed by atoms with Gasteiger partial charge in [-0.1, -0.05) is 83.1 Å². The molecule has 222 valence electrons. The van der Waals surface area contributed by atoms with Crippen molar-refractivity contribution in [3.8, 4) is 11.4 Å². The number of nitrogens with one attached hydrogen (secondary N) is 2. The molecule has 6 heteroatoms. The second kappa shape index (κ2) is 11.1.